The van der Waals surface area contributed by atoms with Gasteiger partial charge in [0, 0.05) is 22.5 Å². The number of anilines is 1. The van der Waals surface area contributed by atoms with Crippen LogP contribution in [0.2, 0.25) is 0 Å². The lowest BCUT2D eigenvalue weighted by atomic mass is 10.2. The van der Waals surface area contributed by atoms with Crippen LogP contribution in [0.3, 0.4) is 0 Å². The predicted octanol–water partition coefficient (Wildman–Crippen LogP) is 3.75. The van der Waals surface area contributed by atoms with Crippen LogP contribution in [0.25, 0.3) is 16.5 Å². The molecule has 0 radical (unpaired) electrons. The summed E-state index contributed by atoms with van der Waals surface area (Å²) in [4.78, 5) is 25.7. The first-order chi connectivity index (χ1) is 14.0. The number of aromatic nitrogens is 3. The highest BCUT2D eigenvalue weighted by atomic mass is 16.2. The molecule has 0 aliphatic carbocycles. The van der Waals surface area contributed by atoms with Gasteiger partial charge in [0.1, 0.15) is 6.54 Å². The van der Waals surface area contributed by atoms with Gasteiger partial charge < -0.3 is 9.88 Å². The number of fused-ring (bicyclic) bond motifs is 1. The zero-order valence-electron chi connectivity index (χ0n) is 16.6. The number of carbonyl (C=O) groups is 1. The number of rotatable bonds is 4. The molecule has 29 heavy (non-hydrogen) atoms. The zero-order chi connectivity index (χ0) is 20.5. The third-order valence-electron chi connectivity index (χ3n) is 5.18. The second kappa shape index (κ2) is 7.39. The van der Waals surface area contributed by atoms with E-state index in [1.165, 1.54) is 4.68 Å². The highest BCUT2D eigenvalue weighted by Gasteiger charge is 2.18. The summed E-state index contributed by atoms with van der Waals surface area (Å²) in [5.74, 6) is -0.142. The fourth-order valence-electron chi connectivity index (χ4n) is 3.58. The van der Waals surface area contributed by atoms with E-state index < -0.39 is 0 Å². The highest BCUT2D eigenvalue weighted by molar-refractivity contribution is 5.92. The van der Waals surface area contributed by atoms with E-state index in [0.29, 0.717) is 11.1 Å². The maximum atomic E-state index is 13.1. The molecule has 0 saturated heterocycles. The van der Waals surface area contributed by atoms with Crippen molar-refractivity contribution in [2.75, 3.05) is 5.32 Å². The van der Waals surface area contributed by atoms with Crippen LogP contribution in [0.15, 0.2) is 65.6 Å². The van der Waals surface area contributed by atoms with Crippen LogP contribution in [0, 0.1) is 20.8 Å². The van der Waals surface area contributed by atoms with E-state index in [-0.39, 0.29) is 18.0 Å². The van der Waals surface area contributed by atoms with E-state index in [1.54, 1.807) is 6.20 Å². The average molecular weight is 386 g/mol. The van der Waals surface area contributed by atoms with Crippen LogP contribution >= 0.6 is 0 Å². The lowest BCUT2D eigenvalue weighted by Crippen LogP contribution is -2.22. The molecule has 6 heteroatoms. The Kier molecular flexibility index (Phi) is 4.76. The predicted molar refractivity (Wildman–Crippen MR) is 115 cm³/mol. The number of hydrogen-bond acceptors (Lipinski definition) is 3. The van der Waals surface area contributed by atoms with Crippen LogP contribution in [0.4, 0.5) is 5.69 Å². The average Bonchev–Trinajstić information content (AvgIpc) is 2.96. The molecule has 0 spiro atoms. The second-order valence-electron chi connectivity index (χ2n) is 7.16. The normalized spacial score (nSPS) is 11.0. The van der Waals surface area contributed by atoms with Crippen molar-refractivity contribution in [2.45, 2.75) is 27.3 Å². The first kappa shape index (κ1) is 18.7. The SMILES string of the molecule is Cc1ccc(NC(=O)Cn2c(C)c3cnn(-c4ccccc4)c(=O)c3c2C)cc1. The van der Waals surface area contributed by atoms with E-state index in [9.17, 15) is 9.59 Å². The number of para-hydroxylation sites is 1. The molecule has 0 aliphatic heterocycles. The minimum Gasteiger partial charge on any atom is -0.338 e. The maximum Gasteiger partial charge on any atom is 0.281 e. The molecule has 6 nitrogen and oxygen atoms in total. The van der Waals surface area contributed by atoms with Crippen LogP contribution in [-0.4, -0.2) is 20.3 Å². The van der Waals surface area contributed by atoms with Crippen LogP contribution in [0.1, 0.15) is 17.0 Å². The monoisotopic (exact) mass is 386 g/mol. The molecule has 1 N–H and O–H groups in total. The summed E-state index contributed by atoms with van der Waals surface area (Å²) in [6.45, 7) is 5.90. The van der Waals surface area contributed by atoms with E-state index in [4.69, 9.17) is 0 Å². The highest BCUT2D eigenvalue weighted by Crippen LogP contribution is 2.22. The standard InChI is InChI=1S/C23H22N4O2/c1-15-9-11-18(12-10-15)25-21(28)14-26-16(2)20-13-24-27(19-7-5-4-6-8-19)23(29)22(20)17(26)3/h4-13H,14H2,1-3H3,(H,25,28). The van der Waals surface area contributed by atoms with Gasteiger partial charge in [-0.2, -0.15) is 9.78 Å². The molecular weight excluding hydrogens is 364 g/mol. The van der Waals surface area contributed by atoms with Gasteiger partial charge in [0.2, 0.25) is 5.91 Å². The Labute approximate surface area is 168 Å². The number of amides is 1. The van der Waals surface area contributed by atoms with Gasteiger partial charge in [-0.25, -0.2) is 0 Å². The Hall–Kier alpha value is -3.67. The molecule has 2 heterocycles. The third kappa shape index (κ3) is 3.45. The number of nitrogens with one attached hydrogen (secondary N) is 1. The maximum absolute atomic E-state index is 13.1. The molecule has 0 fully saturated rings. The Morgan fingerprint density at radius 2 is 1.66 bits per heavy atom. The number of nitrogens with zero attached hydrogens (tertiary/aromatic N) is 3. The molecule has 2 aromatic carbocycles. The topological polar surface area (TPSA) is 68.9 Å². The lowest BCUT2D eigenvalue weighted by molar-refractivity contribution is -0.116. The second-order valence-corrected chi connectivity index (χ2v) is 7.16. The first-order valence-corrected chi connectivity index (χ1v) is 9.45. The third-order valence-corrected chi connectivity index (χ3v) is 5.18. The van der Waals surface area contributed by atoms with Crippen molar-refractivity contribution < 1.29 is 4.79 Å². The Morgan fingerprint density at radius 3 is 2.34 bits per heavy atom. The van der Waals surface area contributed by atoms with Crippen LogP contribution in [-0.2, 0) is 11.3 Å². The largest absolute Gasteiger partial charge is 0.338 e. The Morgan fingerprint density at radius 1 is 0.966 bits per heavy atom. The van der Waals surface area contributed by atoms with E-state index >= 15 is 0 Å². The molecule has 0 unspecified atom stereocenters. The van der Waals surface area contributed by atoms with Gasteiger partial charge >= 0.3 is 0 Å². The van der Waals surface area contributed by atoms with Crippen molar-refractivity contribution in [1.82, 2.24) is 14.3 Å². The van der Waals surface area contributed by atoms with Gasteiger partial charge in [-0.15, -0.1) is 0 Å². The summed E-state index contributed by atoms with van der Waals surface area (Å²) in [7, 11) is 0. The van der Waals surface area contributed by atoms with Crippen molar-refractivity contribution in [1.29, 1.82) is 0 Å². The molecule has 0 atom stereocenters. The number of hydrogen-bond donors (Lipinski definition) is 1. The van der Waals surface area contributed by atoms with Crippen LogP contribution in [0.5, 0.6) is 0 Å². The number of aryl methyl sites for hydroxylation is 3. The Balaban J connectivity index is 1.70. The summed E-state index contributed by atoms with van der Waals surface area (Å²) in [6.07, 6.45) is 1.69. The molecule has 4 rings (SSSR count). The van der Waals surface area contributed by atoms with Gasteiger partial charge in [-0.3, -0.25) is 9.59 Å². The van der Waals surface area contributed by atoms with Crippen molar-refractivity contribution in [3.05, 3.63) is 88.1 Å². The van der Waals surface area contributed by atoms with Gasteiger partial charge in [0.15, 0.2) is 0 Å². The van der Waals surface area contributed by atoms with E-state index in [0.717, 1.165) is 28.0 Å². The van der Waals surface area contributed by atoms with Gasteiger partial charge in [-0.1, -0.05) is 35.9 Å². The van der Waals surface area contributed by atoms with E-state index in [1.807, 2.05) is 79.9 Å². The van der Waals surface area contributed by atoms with Gasteiger partial charge in [0.05, 0.1) is 17.3 Å². The molecular formula is C23H22N4O2. The minimum absolute atomic E-state index is 0.130. The minimum atomic E-state index is -0.188. The summed E-state index contributed by atoms with van der Waals surface area (Å²) in [5.41, 5.74) is 4.01. The summed E-state index contributed by atoms with van der Waals surface area (Å²) >= 11 is 0. The molecule has 4 aromatic rings. The molecule has 0 bridgehead atoms. The fraction of sp³-hybridized carbons (Fsp3) is 0.174. The van der Waals surface area contributed by atoms with Crippen LogP contribution < -0.4 is 10.9 Å². The van der Waals surface area contributed by atoms with Crippen molar-refractivity contribution in [2.24, 2.45) is 0 Å². The van der Waals surface area contributed by atoms with Crippen molar-refractivity contribution in [3.8, 4) is 5.69 Å². The number of benzene rings is 2. The molecule has 1 amide bonds. The van der Waals surface area contributed by atoms with Gasteiger partial charge in [0.25, 0.3) is 5.56 Å². The Bertz CT molecular complexity index is 1250. The van der Waals surface area contributed by atoms with Gasteiger partial charge in [-0.05, 0) is 45.0 Å². The van der Waals surface area contributed by atoms with Crippen molar-refractivity contribution in [3.63, 3.8) is 0 Å². The molecule has 0 saturated carbocycles. The quantitative estimate of drug-likeness (QED) is 0.581. The molecule has 0 aliphatic rings. The lowest BCUT2D eigenvalue weighted by Gasteiger charge is -2.10. The summed E-state index contributed by atoms with van der Waals surface area (Å²) < 4.78 is 3.26. The summed E-state index contributed by atoms with van der Waals surface area (Å²) in [6, 6.07) is 17.0. The van der Waals surface area contributed by atoms with E-state index in [2.05, 4.69) is 10.4 Å². The molecule has 146 valence electrons. The number of carbonyl (C=O) groups excluding carboxylic acids is 1. The zero-order valence-corrected chi connectivity index (χ0v) is 16.6. The molecule has 2 aromatic heterocycles. The fourth-order valence-corrected chi connectivity index (χ4v) is 3.58. The first-order valence-electron chi connectivity index (χ1n) is 9.45. The summed E-state index contributed by atoms with van der Waals surface area (Å²) in [5, 5.41) is 8.60. The van der Waals surface area contributed by atoms with Crippen molar-refractivity contribution >= 4 is 22.4 Å². The smallest absolute Gasteiger partial charge is 0.281 e.